The van der Waals surface area contributed by atoms with E-state index in [1.165, 1.54) is 0 Å². The van der Waals surface area contributed by atoms with Crippen molar-refractivity contribution in [3.05, 3.63) is 0 Å². The fourth-order valence-corrected chi connectivity index (χ4v) is 2.38. The number of unbranched alkanes of at least 4 members (excludes halogenated alkanes) is 3. The highest BCUT2D eigenvalue weighted by Crippen LogP contribution is 2.01. The van der Waals surface area contributed by atoms with E-state index in [0.717, 1.165) is 31.4 Å². The number of nitrogens with two attached hydrogens (primary N) is 1. The molecule has 0 aliphatic rings. The Labute approximate surface area is 83.2 Å². The first kappa shape index (κ1) is 13.1. The van der Waals surface area contributed by atoms with Gasteiger partial charge in [0.15, 0.2) is 0 Å². The molecule has 0 aliphatic carbocycles. The summed E-state index contributed by atoms with van der Waals surface area (Å²) in [4.78, 5) is 0. The Balaban J connectivity index is 3.17. The van der Waals surface area contributed by atoms with Crippen LogP contribution in [-0.2, 0) is 10.8 Å². The van der Waals surface area contributed by atoms with Crippen molar-refractivity contribution < 1.29 is 9.32 Å². The van der Waals surface area contributed by atoms with Gasteiger partial charge in [-0.15, -0.1) is 0 Å². The molecule has 0 spiro atoms. The molecule has 13 heavy (non-hydrogen) atoms. The lowest BCUT2D eigenvalue weighted by Gasteiger charge is -2.04. The fourth-order valence-electron chi connectivity index (χ4n) is 1.10. The van der Waals surface area contributed by atoms with Crippen molar-refractivity contribution in [3.63, 3.8) is 0 Å². The van der Waals surface area contributed by atoms with Crippen LogP contribution in [0, 0.1) is 0 Å². The van der Waals surface area contributed by atoms with Gasteiger partial charge in [-0.3, -0.25) is 4.21 Å². The lowest BCUT2D eigenvalue weighted by molar-refractivity contribution is 0.283. The molecule has 80 valence electrons. The SMILES string of the molecule is CC(N)CS(=O)CCCCCCO. The van der Waals surface area contributed by atoms with Crippen molar-refractivity contribution in [2.75, 3.05) is 18.1 Å². The lowest BCUT2D eigenvalue weighted by Crippen LogP contribution is -2.24. The van der Waals surface area contributed by atoms with Gasteiger partial charge in [-0.05, 0) is 19.8 Å². The van der Waals surface area contributed by atoms with Gasteiger partial charge in [-0.2, -0.15) is 0 Å². The molecule has 0 saturated carbocycles. The van der Waals surface area contributed by atoms with Gasteiger partial charge in [-0.1, -0.05) is 12.8 Å². The molecule has 0 amide bonds. The van der Waals surface area contributed by atoms with Crippen LogP contribution in [0.1, 0.15) is 32.6 Å². The van der Waals surface area contributed by atoms with Crippen LogP contribution in [0.25, 0.3) is 0 Å². The first-order chi connectivity index (χ1) is 6.16. The molecule has 0 aromatic heterocycles. The van der Waals surface area contributed by atoms with Crippen molar-refractivity contribution >= 4 is 10.8 Å². The van der Waals surface area contributed by atoms with E-state index >= 15 is 0 Å². The van der Waals surface area contributed by atoms with E-state index in [1.54, 1.807) is 0 Å². The molecule has 2 unspecified atom stereocenters. The van der Waals surface area contributed by atoms with Gasteiger partial charge in [0, 0.05) is 35.0 Å². The summed E-state index contributed by atoms with van der Waals surface area (Å²) in [5, 5.41) is 8.52. The minimum atomic E-state index is -0.743. The Morgan fingerprint density at radius 3 is 2.46 bits per heavy atom. The molecule has 0 radical (unpaired) electrons. The average Bonchev–Trinajstić information content (AvgIpc) is 2.02. The minimum Gasteiger partial charge on any atom is -0.396 e. The van der Waals surface area contributed by atoms with Crippen LogP contribution in [0.4, 0.5) is 0 Å². The number of aliphatic hydroxyl groups excluding tert-OH is 1. The average molecular weight is 207 g/mol. The summed E-state index contributed by atoms with van der Waals surface area (Å²) in [6, 6.07) is 0.0401. The normalized spacial score (nSPS) is 15.6. The molecule has 3 N–H and O–H groups in total. The Morgan fingerprint density at radius 2 is 1.92 bits per heavy atom. The molecule has 0 bridgehead atoms. The largest absolute Gasteiger partial charge is 0.396 e. The summed E-state index contributed by atoms with van der Waals surface area (Å²) < 4.78 is 11.3. The summed E-state index contributed by atoms with van der Waals surface area (Å²) in [5.41, 5.74) is 5.52. The van der Waals surface area contributed by atoms with E-state index in [-0.39, 0.29) is 12.6 Å². The van der Waals surface area contributed by atoms with Crippen molar-refractivity contribution in [2.24, 2.45) is 5.73 Å². The van der Waals surface area contributed by atoms with Crippen LogP contribution >= 0.6 is 0 Å². The Bertz CT molecular complexity index is 140. The van der Waals surface area contributed by atoms with Crippen LogP contribution in [-0.4, -0.2) is 33.5 Å². The summed E-state index contributed by atoms with van der Waals surface area (Å²) in [5.74, 6) is 1.37. The van der Waals surface area contributed by atoms with Gasteiger partial charge in [0.05, 0.1) is 0 Å². The number of aliphatic hydroxyl groups is 1. The molecule has 0 aliphatic heterocycles. The van der Waals surface area contributed by atoms with Crippen molar-refractivity contribution in [2.45, 2.75) is 38.6 Å². The third-order valence-corrected chi connectivity index (χ3v) is 3.37. The van der Waals surface area contributed by atoms with E-state index in [1.807, 2.05) is 6.92 Å². The van der Waals surface area contributed by atoms with E-state index in [2.05, 4.69) is 0 Å². The second kappa shape index (κ2) is 8.66. The van der Waals surface area contributed by atoms with Crippen LogP contribution in [0.15, 0.2) is 0 Å². The van der Waals surface area contributed by atoms with Crippen LogP contribution in [0.5, 0.6) is 0 Å². The molecule has 0 rings (SSSR count). The van der Waals surface area contributed by atoms with Crippen LogP contribution in [0.2, 0.25) is 0 Å². The Kier molecular flexibility index (Phi) is 8.71. The summed E-state index contributed by atoms with van der Waals surface area (Å²) in [7, 11) is -0.743. The van der Waals surface area contributed by atoms with Crippen LogP contribution < -0.4 is 5.73 Å². The predicted molar refractivity (Wildman–Crippen MR) is 57.1 cm³/mol. The molecule has 0 aromatic rings. The van der Waals surface area contributed by atoms with Crippen molar-refractivity contribution in [1.82, 2.24) is 0 Å². The topological polar surface area (TPSA) is 63.3 Å². The van der Waals surface area contributed by atoms with E-state index in [0.29, 0.717) is 5.75 Å². The molecular weight excluding hydrogens is 186 g/mol. The van der Waals surface area contributed by atoms with E-state index in [9.17, 15) is 4.21 Å². The quantitative estimate of drug-likeness (QED) is 0.574. The van der Waals surface area contributed by atoms with Gasteiger partial charge >= 0.3 is 0 Å². The highest BCUT2D eigenvalue weighted by atomic mass is 32.2. The molecule has 0 heterocycles. The molecule has 0 aromatic carbocycles. The van der Waals surface area contributed by atoms with Crippen LogP contribution in [0.3, 0.4) is 0 Å². The number of rotatable bonds is 8. The Morgan fingerprint density at radius 1 is 1.31 bits per heavy atom. The number of hydrogen-bond donors (Lipinski definition) is 2. The van der Waals surface area contributed by atoms with Gasteiger partial charge in [0.1, 0.15) is 0 Å². The Hall–Kier alpha value is 0.0700. The molecule has 0 saturated heterocycles. The van der Waals surface area contributed by atoms with Gasteiger partial charge in [0.2, 0.25) is 0 Å². The maximum atomic E-state index is 11.3. The summed E-state index contributed by atoms with van der Waals surface area (Å²) in [6.45, 7) is 2.15. The zero-order valence-electron chi connectivity index (χ0n) is 8.37. The smallest absolute Gasteiger partial charge is 0.0431 e. The predicted octanol–water partition coefficient (Wildman–Crippen LogP) is 0.635. The molecule has 2 atom stereocenters. The second-order valence-corrected chi connectivity index (χ2v) is 5.05. The highest BCUT2D eigenvalue weighted by molar-refractivity contribution is 7.85. The van der Waals surface area contributed by atoms with Crippen molar-refractivity contribution in [3.8, 4) is 0 Å². The lowest BCUT2D eigenvalue weighted by atomic mass is 10.2. The third-order valence-electron chi connectivity index (χ3n) is 1.73. The fraction of sp³-hybridized carbons (Fsp3) is 1.00. The maximum absolute atomic E-state index is 11.3. The van der Waals surface area contributed by atoms with E-state index < -0.39 is 10.8 Å². The van der Waals surface area contributed by atoms with E-state index in [4.69, 9.17) is 10.8 Å². The molecule has 3 nitrogen and oxygen atoms in total. The minimum absolute atomic E-state index is 0.0401. The monoisotopic (exact) mass is 207 g/mol. The summed E-state index contributed by atoms with van der Waals surface area (Å²) >= 11 is 0. The second-order valence-electron chi connectivity index (χ2n) is 3.43. The standard InChI is InChI=1S/C9H21NO2S/c1-9(10)8-13(12)7-5-3-2-4-6-11/h9,11H,2-8,10H2,1H3. The molecule has 0 fully saturated rings. The summed E-state index contributed by atoms with van der Waals surface area (Å²) in [6.07, 6.45) is 3.94. The third kappa shape index (κ3) is 9.99. The number of hydrogen-bond acceptors (Lipinski definition) is 3. The molecular formula is C9H21NO2S. The maximum Gasteiger partial charge on any atom is 0.0431 e. The molecule has 4 heteroatoms. The van der Waals surface area contributed by atoms with Gasteiger partial charge in [0.25, 0.3) is 0 Å². The highest BCUT2D eigenvalue weighted by Gasteiger charge is 2.02. The van der Waals surface area contributed by atoms with Gasteiger partial charge in [-0.25, -0.2) is 0 Å². The first-order valence-electron chi connectivity index (χ1n) is 4.88. The zero-order valence-corrected chi connectivity index (χ0v) is 9.18. The van der Waals surface area contributed by atoms with Crippen molar-refractivity contribution in [1.29, 1.82) is 0 Å². The first-order valence-corrected chi connectivity index (χ1v) is 6.37. The van der Waals surface area contributed by atoms with Gasteiger partial charge < -0.3 is 10.8 Å². The zero-order chi connectivity index (χ0) is 10.1.